The molecule has 0 bridgehead atoms. The first-order valence-electron chi connectivity index (χ1n) is 6.68. The van der Waals surface area contributed by atoms with E-state index in [1.165, 1.54) is 19.1 Å². The van der Waals surface area contributed by atoms with Crippen LogP contribution in [0.15, 0.2) is 22.7 Å². The van der Waals surface area contributed by atoms with Crippen molar-refractivity contribution in [1.29, 1.82) is 0 Å². The molecule has 2 rings (SSSR count). The minimum absolute atomic E-state index is 0.218. The molecule has 6 nitrogen and oxygen atoms in total. The summed E-state index contributed by atoms with van der Waals surface area (Å²) < 4.78 is 10.0. The maximum absolute atomic E-state index is 12.1. The van der Waals surface area contributed by atoms with E-state index < -0.39 is 18.0 Å². The van der Waals surface area contributed by atoms with Gasteiger partial charge in [0, 0.05) is 15.7 Å². The Bertz CT molecular complexity index is 718. The number of aromatic nitrogens is 1. The van der Waals surface area contributed by atoms with Crippen molar-refractivity contribution in [3.05, 3.63) is 45.3 Å². The van der Waals surface area contributed by atoms with Gasteiger partial charge >= 0.3 is 5.97 Å². The lowest BCUT2D eigenvalue weighted by atomic mass is 10.2. The smallest absolute Gasteiger partial charge is 0.344 e. The SMILES string of the molecule is Cc1noc(C)c1C(=O)O[C@@H](C)C(=O)Nc1cc(Cl)cc(Cl)c1. The molecule has 1 heterocycles. The van der Waals surface area contributed by atoms with Crippen LogP contribution in [0.3, 0.4) is 0 Å². The summed E-state index contributed by atoms with van der Waals surface area (Å²) in [6, 6.07) is 4.61. The molecule has 0 spiro atoms. The summed E-state index contributed by atoms with van der Waals surface area (Å²) in [6.07, 6.45) is -1.02. The number of nitrogens with zero attached hydrogens (tertiary/aromatic N) is 1. The third kappa shape index (κ3) is 4.24. The van der Waals surface area contributed by atoms with E-state index in [1.807, 2.05) is 0 Å². The van der Waals surface area contributed by atoms with Gasteiger partial charge in [-0.15, -0.1) is 0 Å². The Morgan fingerprint density at radius 1 is 1.22 bits per heavy atom. The van der Waals surface area contributed by atoms with Crippen LogP contribution >= 0.6 is 23.2 Å². The van der Waals surface area contributed by atoms with E-state index in [9.17, 15) is 9.59 Å². The van der Waals surface area contributed by atoms with Crippen LogP contribution in [-0.2, 0) is 9.53 Å². The fourth-order valence-electron chi connectivity index (χ4n) is 1.92. The summed E-state index contributed by atoms with van der Waals surface area (Å²) in [5.74, 6) is -0.849. The highest BCUT2D eigenvalue weighted by Gasteiger charge is 2.24. The first-order chi connectivity index (χ1) is 10.8. The molecule has 1 N–H and O–H groups in total. The summed E-state index contributed by atoms with van der Waals surface area (Å²) in [5.41, 5.74) is 1.03. The number of carbonyl (C=O) groups is 2. The minimum Gasteiger partial charge on any atom is -0.449 e. The van der Waals surface area contributed by atoms with Gasteiger partial charge in [-0.25, -0.2) is 4.79 Å². The number of halogens is 2. The predicted octanol–water partition coefficient (Wildman–Crippen LogP) is 3.78. The molecule has 0 aliphatic heterocycles. The third-order valence-corrected chi connectivity index (χ3v) is 3.46. The number of hydrogen-bond acceptors (Lipinski definition) is 5. The second-order valence-corrected chi connectivity index (χ2v) is 5.77. The van der Waals surface area contributed by atoms with E-state index in [2.05, 4.69) is 10.5 Å². The van der Waals surface area contributed by atoms with Crippen molar-refractivity contribution in [3.63, 3.8) is 0 Å². The molecule has 8 heteroatoms. The summed E-state index contributed by atoms with van der Waals surface area (Å²) >= 11 is 11.7. The highest BCUT2D eigenvalue weighted by atomic mass is 35.5. The van der Waals surface area contributed by atoms with Crippen molar-refractivity contribution in [1.82, 2.24) is 5.16 Å². The number of ether oxygens (including phenoxy) is 1. The second-order valence-electron chi connectivity index (χ2n) is 4.89. The number of nitrogens with one attached hydrogen (secondary N) is 1. The largest absolute Gasteiger partial charge is 0.449 e. The first kappa shape index (κ1) is 17.3. The van der Waals surface area contributed by atoms with E-state index in [0.29, 0.717) is 27.2 Å². The number of amides is 1. The van der Waals surface area contributed by atoms with Crippen LogP contribution < -0.4 is 5.32 Å². The lowest BCUT2D eigenvalue weighted by molar-refractivity contribution is -0.123. The molecule has 0 saturated heterocycles. The third-order valence-electron chi connectivity index (χ3n) is 3.02. The second kappa shape index (κ2) is 7.02. The fraction of sp³-hybridized carbons (Fsp3) is 0.267. The molecule has 1 aromatic carbocycles. The number of hydrogen-bond donors (Lipinski definition) is 1. The van der Waals surface area contributed by atoms with Gasteiger partial charge in [0.2, 0.25) is 0 Å². The molecule has 1 amide bonds. The van der Waals surface area contributed by atoms with Crippen LogP contribution in [0.4, 0.5) is 5.69 Å². The Balaban J connectivity index is 2.04. The fourth-order valence-corrected chi connectivity index (χ4v) is 2.44. The van der Waals surface area contributed by atoms with Crippen molar-refractivity contribution in [2.45, 2.75) is 26.9 Å². The molecule has 0 unspecified atom stereocenters. The van der Waals surface area contributed by atoms with Gasteiger partial charge in [0.1, 0.15) is 11.3 Å². The number of carbonyl (C=O) groups excluding carboxylic acids is 2. The molecule has 1 atom stereocenters. The zero-order valence-corrected chi connectivity index (χ0v) is 14.2. The first-order valence-corrected chi connectivity index (χ1v) is 7.44. The van der Waals surface area contributed by atoms with Crippen molar-refractivity contribution < 1.29 is 18.8 Å². The van der Waals surface area contributed by atoms with E-state index in [1.54, 1.807) is 19.9 Å². The topological polar surface area (TPSA) is 81.4 Å². The van der Waals surface area contributed by atoms with Gasteiger partial charge in [-0.3, -0.25) is 4.79 Å². The minimum atomic E-state index is -1.02. The number of esters is 1. The van der Waals surface area contributed by atoms with Crippen molar-refractivity contribution in [2.24, 2.45) is 0 Å². The van der Waals surface area contributed by atoms with Gasteiger partial charge in [0.05, 0.1) is 5.69 Å². The molecular weight excluding hydrogens is 343 g/mol. The van der Waals surface area contributed by atoms with Crippen LogP contribution in [0.2, 0.25) is 10.0 Å². The lowest BCUT2D eigenvalue weighted by Crippen LogP contribution is -2.30. The standard InChI is InChI=1S/C15H14Cl2N2O4/c1-7-13(8(2)23-19-7)15(21)22-9(3)14(20)18-12-5-10(16)4-11(17)6-12/h4-6,9H,1-3H3,(H,18,20)/t9-/m0/s1. The quantitative estimate of drug-likeness (QED) is 0.842. The maximum atomic E-state index is 12.1. The molecule has 0 radical (unpaired) electrons. The number of rotatable bonds is 4. The average molecular weight is 357 g/mol. The Labute approximate surface area is 142 Å². The van der Waals surface area contributed by atoms with E-state index >= 15 is 0 Å². The van der Waals surface area contributed by atoms with Gasteiger partial charge in [0.25, 0.3) is 5.91 Å². The monoisotopic (exact) mass is 356 g/mol. The van der Waals surface area contributed by atoms with Gasteiger partial charge < -0.3 is 14.6 Å². The number of aryl methyl sites for hydroxylation is 2. The predicted molar refractivity (Wildman–Crippen MR) is 85.9 cm³/mol. The van der Waals surface area contributed by atoms with Crippen molar-refractivity contribution >= 4 is 40.8 Å². The molecule has 0 aliphatic rings. The average Bonchev–Trinajstić information content (AvgIpc) is 2.76. The highest BCUT2D eigenvalue weighted by Crippen LogP contribution is 2.23. The Morgan fingerprint density at radius 2 is 1.83 bits per heavy atom. The molecule has 0 saturated carbocycles. The van der Waals surface area contributed by atoms with Crippen molar-refractivity contribution in [3.8, 4) is 0 Å². The molecule has 2 aromatic rings. The van der Waals surface area contributed by atoms with Crippen LogP contribution in [0.5, 0.6) is 0 Å². The van der Waals surface area contributed by atoms with Gasteiger partial charge in [-0.05, 0) is 39.0 Å². The molecular formula is C15H14Cl2N2O4. The van der Waals surface area contributed by atoms with Crippen LogP contribution in [0.25, 0.3) is 0 Å². The number of anilines is 1. The van der Waals surface area contributed by atoms with E-state index in [-0.39, 0.29) is 5.56 Å². The summed E-state index contributed by atoms with van der Waals surface area (Å²) in [7, 11) is 0. The Kier molecular flexibility index (Phi) is 5.28. The normalized spacial score (nSPS) is 11.9. The molecule has 0 aliphatic carbocycles. The van der Waals surface area contributed by atoms with Crippen LogP contribution in [0.1, 0.15) is 28.7 Å². The van der Waals surface area contributed by atoms with Gasteiger partial charge in [-0.2, -0.15) is 0 Å². The van der Waals surface area contributed by atoms with E-state index in [0.717, 1.165) is 0 Å². The summed E-state index contributed by atoms with van der Waals surface area (Å²) in [5, 5.41) is 7.02. The Morgan fingerprint density at radius 3 is 2.35 bits per heavy atom. The van der Waals surface area contributed by atoms with Crippen LogP contribution in [0, 0.1) is 13.8 Å². The van der Waals surface area contributed by atoms with E-state index in [4.69, 9.17) is 32.5 Å². The maximum Gasteiger partial charge on any atom is 0.344 e. The van der Waals surface area contributed by atoms with Crippen LogP contribution in [-0.4, -0.2) is 23.1 Å². The lowest BCUT2D eigenvalue weighted by Gasteiger charge is -2.13. The highest BCUT2D eigenvalue weighted by molar-refractivity contribution is 6.35. The van der Waals surface area contributed by atoms with Crippen molar-refractivity contribution in [2.75, 3.05) is 5.32 Å². The van der Waals surface area contributed by atoms with Gasteiger partial charge in [0.15, 0.2) is 6.10 Å². The molecule has 122 valence electrons. The molecule has 23 heavy (non-hydrogen) atoms. The zero-order chi connectivity index (χ0) is 17.1. The number of benzene rings is 1. The summed E-state index contributed by atoms with van der Waals surface area (Å²) in [6.45, 7) is 4.67. The zero-order valence-electron chi connectivity index (χ0n) is 12.6. The summed E-state index contributed by atoms with van der Waals surface area (Å²) in [4.78, 5) is 24.2. The molecule has 0 fully saturated rings. The molecule has 1 aromatic heterocycles. The Hall–Kier alpha value is -2.05. The van der Waals surface area contributed by atoms with Gasteiger partial charge in [-0.1, -0.05) is 28.4 Å².